The predicted molar refractivity (Wildman–Crippen MR) is 111 cm³/mol. The first-order chi connectivity index (χ1) is 13.5. The van der Waals surface area contributed by atoms with Crippen molar-refractivity contribution in [1.29, 1.82) is 0 Å². The zero-order chi connectivity index (χ0) is 20.1. The highest BCUT2D eigenvalue weighted by atomic mass is 35.5. The fourth-order valence-electron chi connectivity index (χ4n) is 2.92. The second-order valence-electron chi connectivity index (χ2n) is 6.77. The average Bonchev–Trinajstić information content (AvgIpc) is 3.15. The minimum atomic E-state index is -0.200. The van der Waals surface area contributed by atoms with E-state index < -0.39 is 0 Å². The molecule has 3 rings (SSSR count). The Morgan fingerprint density at radius 3 is 2.61 bits per heavy atom. The lowest BCUT2D eigenvalue weighted by Gasteiger charge is -2.17. The molecule has 5 nitrogen and oxygen atoms in total. The normalized spacial score (nSPS) is 11.9. The smallest absolute Gasteiger partial charge is 0.272 e. The van der Waals surface area contributed by atoms with Crippen LogP contribution < -0.4 is 10.1 Å². The van der Waals surface area contributed by atoms with E-state index in [4.69, 9.17) is 16.3 Å². The lowest BCUT2D eigenvalue weighted by molar-refractivity contribution is 0.0928. The molecule has 2 aromatic carbocycles. The summed E-state index contributed by atoms with van der Waals surface area (Å²) in [5, 5.41) is 8.04. The van der Waals surface area contributed by atoms with Crippen molar-refractivity contribution >= 4 is 17.5 Å². The van der Waals surface area contributed by atoms with E-state index in [0.29, 0.717) is 10.7 Å². The second-order valence-corrected chi connectivity index (χ2v) is 7.21. The van der Waals surface area contributed by atoms with Gasteiger partial charge in [0, 0.05) is 11.2 Å². The Balaban J connectivity index is 1.62. The van der Waals surface area contributed by atoms with Crippen molar-refractivity contribution in [3.8, 4) is 5.75 Å². The highest BCUT2D eigenvalue weighted by Gasteiger charge is 2.16. The van der Waals surface area contributed by atoms with Crippen molar-refractivity contribution in [2.24, 2.45) is 0 Å². The number of amides is 1. The molecule has 146 valence electrons. The van der Waals surface area contributed by atoms with Gasteiger partial charge in [-0.1, -0.05) is 48.4 Å². The summed E-state index contributed by atoms with van der Waals surface area (Å²) in [5.41, 5.74) is 3.59. The van der Waals surface area contributed by atoms with Crippen LogP contribution in [0.15, 0.2) is 54.7 Å². The summed E-state index contributed by atoms with van der Waals surface area (Å²) in [7, 11) is 0. The van der Waals surface area contributed by atoms with Crippen molar-refractivity contribution in [2.75, 3.05) is 0 Å². The number of carbonyl (C=O) groups is 1. The third-order valence-electron chi connectivity index (χ3n) is 4.56. The highest BCUT2D eigenvalue weighted by molar-refractivity contribution is 6.30. The van der Waals surface area contributed by atoms with Gasteiger partial charge in [-0.25, -0.2) is 4.68 Å². The molecule has 0 aliphatic rings. The van der Waals surface area contributed by atoms with Gasteiger partial charge in [0.2, 0.25) is 0 Å². The van der Waals surface area contributed by atoms with E-state index >= 15 is 0 Å². The highest BCUT2D eigenvalue weighted by Crippen LogP contribution is 2.22. The minimum absolute atomic E-state index is 0.0498. The molecule has 1 amide bonds. The van der Waals surface area contributed by atoms with Gasteiger partial charge in [-0.3, -0.25) is 4.79 Å². The maximum absolute atomic E-state index is 12.6. The van der Waals surface area contributed by atoms with Gasteiger partial charge in [0.1, 0.15) is 11.4 Å². The maximum atomic E-state index is 12.6. The molecule has 0 aliphatic carbocycles. The molecule has 3 aromatic rings. The van der Waals surface area contributed by atoms with Crippen molar-refractivity contribution in [3.05, 3.63) is 82.1 Å². The summed E-state index contributed by atoms with van der Waals surface area (Å²) in [6, 6.07) is 15.3. The van der Waals surface area contributed by atoms with Crippen LogP contribution in [0.4, 0.5) is 0 Å². The Morgan fingerprint density at radius 1 is 1.18 bits per heavy atom. The molecule has 0 spiro atoms. The average molecular weight is 398 g/mol. The van der Waals surface area contributed by atoms with Crippen LogP contribution in [0.3, 0.4) is 0 Å². The monoisotopic (exact) mass is 397 g/mol. The van der Waals surface area contributed by atoms with Gasteiger partial charge < -0.3 is 10.1 Å². The Labute approximate surface area is 170 Å². The molecular formula is C22H24ClN3O2. The third kappa shape index (κ3) is 4.93. The van der Waals surface area contributed by atoms with Gasteiger partial charge in [-0.2, -0.15) is 5.10 Å². The van der Waals surface area contributed by atoms with Crippen LogP contribution in [0.25, 0.3) is 0 Å². The summed E-state index contributed by atoms with van der Waals surface area (Å²) >= 11 is 5.96. The number of benzene rings is 2. The quantitative estimate of drug-likeness (QED) is 0.605. The number of nitrogens with one attached hydrogen (secondary N) is 1. The van der Waals surface area contributed by atoms with Gasteiger partial charge in [0.15, 0.2) is 6.73 Å². The van der Waals surface area contributed by atoms with Crippen LogP contribution in [0, 0.1) is 13.8 Å². The van der Waals surface area contributed by atoms with Crippen LogP contribution in [0.2, 0.25) is 5.02 Å². The van der Waals surface area contributed by atoms with E-state index in [-0.39, 0.29) is 18.7 Å². The molecule has 1 N–H and O–H groups in total. The van der Waals surface area contributed by atoms with E-state index in [0.717, 1.165) is 23.3 Å². The lowest BCUT2D eigenvalue weighted by atomic mass is 10.0. The summed E-state index contributed by atoms with van der Waals surface area (Å²) in [6.07, 6.45) is 2.53. The molecule has 6 heteroatoms. The lowest BCUT2D eigenvalue weighted by Crippen LogP contribution is -2.28. The summed E-state index contributed by atoms with van der Waals surface area (Å²) < 4.78 is 7.36. The third-order valence-corrected chi connectivity index (χ3v) is 4.79. The molecule has 1 atom stereocenters. The maximum Gasteiger partial charge on any atom is 0.272 e. The van der Waals surface area contributed by atoms with E-state index in [1.54, 1.807) is 23.0 Å². The van der Waals surface area contributed by atoms with Gasteiger partial charge in [0.05, 0.1) is 6.04 Å². The molecule has 0 saturated heterocycles. The minimum Gasteiger partial charge on any atom is -0.471 e. The molecule has 0 aliphatic heterocycles. The standard InChI is InChI=1S/C22H24ClN3O2/c1-4-19(17-7-5-15(2)6-8-17)24-22(27)20-11-12-26(25-20)14-28-21-10-9-18(23)13-16(21)3/h5-13,19H,4,14H2,1-3H3,(H,24,27). The Bertz CT molecular complexity index is 951. The van der Waals surface area contributed by atoms with Crippen LogP contribution >= 0.6 is 11.6 Å². The Hall–Kier alpha value is -2.79. The molecule has 1 heterocycles. The molecular weight excluding hydrogens is 374 g/mol. The summed E-state index contributed by atoms with van der Waals surface area (Å²) in [4.78, 5) is 12.6. The van der Waals surface area contributed by atoms with Crippen LogP contribution in [0.1, 0.15) is 46.6 Å². The van der Waals surface area contributed by atoms with Gasteiger partial charge >= 0.3 is 0 Å². The zero-order valence-corrected chi connectivity index (χ0v) is 17.0. The van der Waals surface area contributed by atoms with E-state index in [9.17, 15) is 4.79 Å². The van der Waals surface area contributed by atoms with Crippen molar-refractivity contribution in [1.82, 2.24) is 15.1 Å². The first kappa shape index (κ1) is 20.0. The molecule has 1 unspecified atom stereocenters. The van der Waals surface area contributed by atoms with E-state index in [2.05, 4.69) is 22.5 Å². The van der Waals surface area contributed by atoms with E-state index in [1.165, 1.54) is 5.56 Å². The van der Waals surface area contributed by atoms with Crippen molar-refractivity contribution in [2.45, 2.75) is 40.0 Å². The molecule has 0 saturated carbocycles. The number of ether oxygens (including phenoxy) is 1. The molecule has 1 aromatic heterocycles. The number of hydrogen-bond donors (Lipinski definition) is 1. The van der Waals surface area contributed by atoms with Crippen LogP contribution in [-0.4, -0.2) is 15.7 Å². The van der Waals surface area contributed by atoms with Gasteiger partial charge in [-0.15, -0.1) is 0 Å². The van der Waals surface area contributed by atoms with Crippen LogP contribution in [-0.2, 0) is 6.73 Å². The number of nitrogens with zero attached hydrogens (tertiary/aromatic N) is 2. The predicted octanol–water partition coefficient (Wildman–Crippen LogP) is 5.07. The number of hydrogen-bond acceptors (Lipinski definition) is 3. The van der Waals surface area contributed by atoms with Crippen molar-refractivity contribution < 1.29 is 9.53 Å². The summed E-state index contributed by atoms with van der Waals surface area (Å²) in [6.45, 7) is 6.24. The second kappa shape index (κ2) is 8.93. The number of aryl methyl sites for hydroxylation is 2. The van der Waals surface area contributed by atoms with Crippen LogP contribution in [0.5, 0.6) is 5.75 Å². The molecule has 0 bridgehead atoms. The molecule has 28 heavy (non-hydrogen) atoms. The largest absolute Gasteiger partial charge is 0.471 e. The SMILES string of the molecule is CCC(NC(=O)c1ccn(COc2ccc(Cl)cc2C)n1)c1ccc(C)cc1. The Kier molecular flexibility index (Phi) is 6.37. The Morgan fingerprint density at radius 2 is 1.93 bits per heavy atom. The molecule has 0 fully saturated rings. The van der Waals surface area contributed by atoms with Crippen molar-refractivity contribution in [3.63, 3.8) is 0 Å². The summed E-state index contributed by atoms with van der Waals surface area (Å²) in [5.74, 6) is 0.533. The molecule has 0 radical (unpaired) electrons. The first-order valence-corrected chi connectivity index (χ1v) is 9.64. The van der Waals surface area contributed by atoms with Gasteiger partial charge in [0.25, 0.3) is 5.91 Å². The number of halogens is 1. The van der Waals surface area contributed by atoms with E-state index in [1.807, 2.05) is 45.0 Å². The number of rotatable bonds is 7. The number of aromatic nitrogens is 2. The fraction of sp³-hybridized carbons (Fsp3) is 0.273. The first-order valence-electron chi connectivity index (χ1n) is 9.26. The number of carbonyl (C=O) groups excluding carboxylic acids is 1. The zero-order valence-electron chi connectivity index (χ0n) is 16.3. The van der Waals surface area contributed by atoms with Gasteiger partial charge in [-0.05, 0) is 55.7 Å². The topological polar surface area (TPSA) is 56.2 Å². The fourth-order valence-corrected chi connectivity index (χ4v) is 3.14.